The van der Waals surface area contributed by atoms with Crippen molar-refractivity contribution in [1.29, 1.82) is 0 Å². The molecule has 22 saturated carbocycles. The molecule has 22 aliphatic carbocycles. The van der Waals surface area contributed by atoms with Gasteiger partial charge < -0.3 is 0 Å². The van der Waals surface area contributed by atoms with Crippen molar-refractivity contribution in [2.45, 2.75) is 440 Å². The first-order chi connectivity index (χ1) is 46.6. The Kier molecular flexibility index (Phi) is 29.1. The second-order valence-corrected chi connectivity index (χ2v) is 44.6. The molecule has 0 radical (unpaired) electrons. The zero-order valence-electron chi connectivity index (χ0n) is 70.4. The number of hydrogen-bond acceptors (Lipinski definition) is 0. The minimum Gasteiger partial charge on any atom is -0.0651 e. The van der Waals surface area contributed by atoms with Crippen LogP contribution in [0, 0.1) is 180 Å². The zero-order valence-corrected chi connectivity index (χ0v) is 70.4. The second-order valence-electron chi connectivity index (χ2n) is 44.6. The second kappa shape index (κ2) is 35.4. The molecule has 22 aliphatic rings. The summed E-state index contributed by atoms with van der Waals surface area (Å²) in [7, 11) is 0. The number of hydrogen-bond donors (Lipinski definition) is 0. The van der Waals surface area contributed by atoms with Crippen LogP contribution in [0.1, 0.15) is 440 Å². The summed E-state index contributed by atoms with van der Waals surface area (Å²) in [4.78, 5) is 0. The summed E-state index contributed by atoms with van der Waals surface area (Å²) >= 11 is 0. The summed E-state index contributed by atoms with van der Waals surface area (Å²) in [6, 6.07) is 0. The molecule has 0 heterocycles. The minimum atomic E-state index is 0.654. The average Bonchev–Trinajstić information content (AvgIpc) is 1.47. The van der Waals surface area contributed by atoms with Crippen molar-refractivity contribution < 1.29 is 0 Å². The van der Waals surface area contributed by atoms with Crippen LogP contribution in [0.5, 0.6) is 0 Å². The molecule has 0 heteroatoms. The van der Waals surface area contributed by atoms with E-state index in [2.05, 4.69) is 132 Å². The summed E-state index contributed by atoms with van der Waals surface area (Å²) < 4.78 is 0. The minimum absolute atomic E-state index is 0.654. The Morgan fingerprint density at radius 3 is 1.07 bits per heavy atom. The molecule has 15 atom stereocenters. The van der Waals surface area contributed by atoms with Crippen LogP contribution in [0.25, 0.3) is 0 Å². The van der Waals surface area contributed by atoms with Gasteiger partial charge in [0, 0.05) is 0 Å². The predicted octanol–water partition coefficient (Wildman–Crippen LogP) is 31.5. The summed E-state index contributed by atoms with van der Waals surface area (Å²) in [5.41, 5.74) is 4.35. The lowest BCUT2D eigenvalue weighted by Gasteiger charge is -2.53. The molecule has 0 N–H and O–H groups in total. The van der Waals surface area contributed by atoms with E-state index in [0.717, 1.165) is 164 Å². The van der Waals surface area contributed by atoms with E-state index in [9.17, 15) is 0 Å². The van der Waals surface area contributed by atoms with Crippen LogP contribution in [0.15, 0.2) is 0 Å². The van der Waals surface area contributed by atoms with Crippen molar-refractivity contribution in [3.05, 3.63) is 0 Å². The number of rotatable bonds is 4. The Labute approximate surface area is 616 Å². The molecule has 98 heavy (non-hydrogen) atoms. The van der Waals surface area contributed by atoms with Gasteiger partial charge >= 0.3 is 0 Å². The van der Waals surface area contributed by atoms with Gasteiger partial charge in [0.2, 0.25) is 0 Å². The Morgan fingerprint density at radius 2 is 0.745 bits per heavy atom. The van der Waals surface area contributed by atoms with E-state index in [1.54, 1.807) is 109 Å². The molecular formula is C98H178. The van der Waals surface area contributed by atoms with Gasteiger partial charge in [-0.05, 0) is 412 Å². The fourth-order valence-corrected chi connectivity index (χ4v) is 29.5. The Bertz CT molecular complexity index is 2190. The van der Waals surface area contributed by atoms with E-state index >= 15 is 0 Å². The highest BCUT2D eigenvalue weighted by molar-refractivity contribution is 5.01. The van der Waals surface area contributed by atoms with Crippen LogP contribution < -0.4 is 0 Å². The van der Waals surface area contributed by atoms with Crippen molar-refractivity contribution in [1.82, 2.24) is 0 Å². The van der Waals surface area contributed by atoms with Gasteiger partial charge in [-0.3, -0.25) is 0 Å². The van der Waals surface area contributed by atoms with Crippen LogP contribution in [-0.4, -0.2) is 0 Å². The molecule has 0 aromatic carbocycles. The highest BCUT2D eigenvalue weighted by Gasteiger charge is 2.51. The van der Waals surface area contributed by atoms with E-state index < -0.39 is 0 Å². The summed E-state index contributed by atoms with van der Waals surface area (Å²) in [5, 5.41) is 0. The maximum Gasteiger partial charge on any atom is -0.0297 e. The molecular weight excluding hydrogens is 1180 g/mol. The molecule has 0 aromatic heterocycles. The largest absolute Gasteiger partial charge is 0.0651 e. The smallest absolute Gasteiger partial charge is 0.0297 e. The third-order valence-electron chi connectivity index (χ3n) is 38.1. The Balaban J connectivity index is 0.000000120. The van der Waals surface area contributed by atoms with Gasteiger partial charge in [0.15, 0.2) is 0 Å². The molecule has 0 amide bonds. The van der Waals surface area contributed by atoms with Crippen LogP contribution in [0.2, 0.25) is 0 Å². The van der Waals surface area contributed by atoms with E-state index in [0.29, 0.717) is 16.2 Å². The first kappa shape index (κ1) is 80.5. The lowest BCUT2D eigenvalue weighted by molar-refractivity contribution is -0.0319. The highest BCUT2D eigenvalue weighted by Crippen LogP contribution is 2.61. The van der Waals surface area contributed by atoms with Gasteiger partial charge in [0.05, 0.1) is 0 Å². The molecule has 22 fully saturated rings. The Hall–Kier alpha value is 0. The third-order valence-corrected chi connectivity index (χ3v) is 38.1. The molecule has 0 saturated heterocycles. The maximum atomic E-state index is 2.52. The van der Waals surface area contributed by atoms with Crippen molar-refractivity contribution in [3.63, 3.8) is 0 Å². The van der Waals surface area contributed by atoms with Crippen molar-refractivity contribution in [3.8, 4) is 0 Å². The molecule has 22 rings (SSSR count). The van der Waals surface area contributed by atoms with Crippen LogP contribution in [-0.2, 0) is 0 Å². The first-order valence-corrected chi connectivity index (χ1v) is 46.6. The maximum absolute atomic E-state index is 2.52. The van der Waals surface area contributed by atoms with Gasteiger partial charge in [-0.15, -0.1) is 0 Å². The predicted molar refractivity (Wildman–Crippen MR) is 431 cm³/mol. The van der Waals surface area contributed by atoms with Gasteiger partial charge in [-0.2, -0.15) is 0 Å². The molecule has 570 valence electrons. The standard InChI is InChI=1S/C14H26.C13H24.C12H22.C11H20.3C10H18.2C9H16/c1-4-14(5-2)9-12-6-11(3)7-13(8-12)10-14;1-4-13(3)8-11-5-10(2)6-12(7-11)9-13;1-11-5-9-12(10-6-11)7-3-2-4-8-12;1-8-9-4-6-10(7-5-9)11(8,2)3;1-7-8-4-5-9(6-8)10(7,2)3;1-8-7-9-3-5-10(8,2)6-4-9;1-7-8(2)10-5-3-9(7)4-6-10;1-7-6-8-2-4-9(7)5-3-8;1-2-8-5-7-3-4-9(8)6-7/h11-13H,4-10H2,1-3H3;10-12H,4-9H2,1-3H3;11H,2-10H2,1H3;8-10H,4-7H2,1-3H3;7-9H,4-6H2,1-3H3;8-9H,3-7H2,1-2H3;7-10H,3-6H2,1-2H3;2*7-9H,2-6H2,1H3/t;;;8-,9?,10?;7-,8?,9?;8-,9?,10?;7-,8?,9?,10?;7-,8?,9?;/m...11000./s1. The van der Waals surface area contributed by atoms with Gasteiger partial charge in [-0.25, -0.2) is 0 Å². The molecule has 10 unspecified atom stereocenters. The Morgan fingerprint density at radius 1 is 0.296 bits per heavy atom. The molecule has 1 spiro atoms. The van der Waals surface area contributed by atoms with Gasteiger partial charge in [0.1, 0.15) is 0 Å². The van der Waals surface area contributed by atoms with E-state index in [1.807, 2.05) is 0 Å². The zero-order chi connectivity index (χ0) is 70.4. The first-order valence-electron chi connectivity index (χ1n) is 46.6. The van der Waals surface area contributed by atoms with Crippen LogP contribution in [0.3, 0.4) is 0 Å². The summed E-state index contributed by atoms with van der Waals surface area (Å²) in [5.74, 6) is 26.7. The van der Waals surface area contributed by atoms with Crippen molar-refractivity contribution in [2.24, 2.45) is 180 Å². The lowest BCUT2D eigenvalue weighted by atomic mass is 9.52. The molecule has 0 aromatic rings. The molecule has 0 nitrogen and oxygen atoms in total. The van der Waals surface area contributed by atoms with Crippen LogP contribution >= 0.6 is 0 Å². The topological polar surface area (TPSA) is 0 Å². The fraction of sp³-hybridized carbons (Fsp3) is 1.00. The van der Waals surface area contributed by atoms with Crippen molar-refractivity contribution in [2.75, 3.05) is 0 Å². The summed E-state index contributed by atoms with van der Waals surface area (Å²) in [6.07, 6.45) is 73.2. The van der Waals surface area contributed by atoms with Crippen LogP contribution in [0.4, 0.5) is 0 Å². The fourth-order valence-electron chi connectivity index (χ4n) is 29.5. The van der Waals surface area contributed by atoms with Gasteiger partial charge in [-0.1, -0.05) is 209 Å². The van der Waals surface area contributed by atoms with Crippen molar-refractivity contribution >= 4 is 0 Å². The third kappa shape index (κ3) is 20.2. The normalized spacial score (nSPS) is 46.7. The highest BCUT2D eigenvalue weighted by atomic mass is 14.6. The lowest BCUT2D eigenvalue weighted by Crippen LogP contribution is -2.44. The van der Waals surface area contributed by atoms with E-state index in [-0.39, 0.29) is 0 Å². The van der Waals surface area contributed by atoms with E-state index in [1.165, 1.54) is 199 Å². The van der Waals surface area contributed by atoms with Gasteiger partial charge in [0.25, 0.3) is 0 Å². The monoisotopic (exact) mass is 1360 g/mol. The molecule has 0 aliphatic heterocycles. The van der Waals surface area contributed by atoms with E-state index in [4.69, 9.17) is 0 Å². The summed E-state index contributed by atoms with van der Waals surface area (Å²) in [6.45, 7) is 46.5. The molecule has 16 bridgehead atoms. The SMILES string of the molecule is CC1C2CCC(CC2)[C@H]1C.CC1CCC2(CCCCC2)CC1.CCC1(C)CC2CC(C)CC(C2)C1.CCC1(CC)CC2CC(C)CC(C2)C1.CCC1CC2CCC1C2.C[C@@H]1C2CCC(C2)C1(C)C.C[C@@H]1C2CCC(CC2)C1(C)C.C[C@H]1CC2CCC1(C)CC2.C[C@H]1CC2CCC1CC2. The average molecular weight is 1360 g/mol. The number of fused-ring (bicyclic) bond motifs is 20. The quantitative estimate of drug-likeness (QED) is 0.263.